The molecule has 0 aromatic carbocycles. The molecule has 5 heteroatoms. The third-order valence-corrected chi connectivity index (χ3v) is 4.66. The van der Waals surface area contributed by atoms with Crippen LogP contribution in [0.4, 0.5) is 0 Å². The molecule has 1 heterocycles. The van der Waals surface area contributed by atoms with Crippen molar-refractivity contribution in [3.8, 4) is 0 Å². The summed E-state index contributed by atoms with van der Waals surface area (Å²) >= 11 is 0. The third-order valence-electron chi connectivity index (χ3n) is 4.66. The maximum Gasteiger partial charge on any atom is 0.327 e. The molecule has 2 rings (SSSR count). The fourth-order valence-corrected chi connectivity index (χ4v) is 3.36. The lowest BCUT2D eigenvalue weighted by Gasteiger charge is -2.39. The molecule has 1 atom stereocenters. The number of methoxy groups -OCH3 is 2. The summed E-state index contributed by atoms with van der Waals surface area (Å²) in [4.78, 5) is 14.7. The standard InChI is InChI=1S/C15H28N2O3/c1-4-16-15(12-5-6-12,14(18)20-3)11-17-9-7-13(19-2)8-10-17/h12-13,16H,4-11H2,1-3H3. The van der Waals surface area contributed by atoms with Crippen LogP contribution in [0.2, 0.25) is 0 Å². The van der Waals surface area contributed by atoms with E-state index in [4.69, 9.17) is 9.47 Å². The Labute approximate surface area is 122 Å². The summed E-state index contributed by atoms with van der Waals surface area (Å²) in [6.07, 6.45) is 4.71. The van der Waals surface area contributed by atoms with Crippen molar-refractivity contribution in [2.75, 3.05) is 40.4 Å². The minimum Gasteiger partial charge on any atom is -0.468 e. The minimum atomic E-state index is -0.511. The number of hydrogen-bond acceptors (Lipinski definition) is 5. The molecule has 0 spiro atoms. The van der Waals surface area contributed by atoms with Gasteiger partial charge in [-0.1, -0.05) is 6.92 Å². The van der Waals surface area contributed by atoms with E-state index in [0.717, 1.165) is 51.9 Å². The van der Waals surface area contributed by atoms with Gasteiger partial charge < -0.3 is 19.7 Å². The molecule has 2 fully saturated rings. The Bertz CT molecular complexity index is 325. The van der Waals surface area contributed by atoms with Crippen molar-refractivity contribution in [3.63, 3.8) is 0 Å². The molecule has 5 nitrogen and oxygen atoms in total. The second kappa shape index (κ2) is 6.87. The fraction of sp³-hybridized carbons (Fsp3) is 0.933. The first kappa shape index (κ1) is 15.7. The molecule has 116 valence electrons. The molecule has 0 aromatic heterocycles. The van der Waals surface area contributed by atoms with Gasteiger partial charge in [0.05, 0.1) is 13.2 Å². The van der Waals surface area contributed by atoms with Gasteiger partial charge in [0.15, 0.2) is 0 Å². The van der Waals surface area contributed by atoms with Gasteiger partial charge in [-0.3, -0.25) is 0 Å². The summed E-state index contributed by atoms with van der Waals surface area (Å²) in [5, 5.41) is 3.43. The van der Waals surface area contributed by atoms with Gasteiger partial charge in [0.1, 0.15) is 5.54 Å². The van der Waals surface area contributed by atoms with Crippen molar-refractivity contribution in [2.24, 2.45) is 5.92 Å². The Kier molecular flexibility index (Phi) is 5.41. The summed E-state index contributed by atoms with van der Waals surface area (Å²) in [6, 6.07) is 0. The number of nitrogens with one attached hydrogen (secondary N) is 1. The Morgan fingerprint density at radius 3 is 2.35 bits per heavy atom. The second-order valence-corrected chi connectivity index (χ2v) is 5.98. The Morgan fingerprint density at radius 1 is 1.25 bits per heavy atom. The van der Waals surface area contributed by atoms with Crippen molar-refractivity contribution in [2.45, 2.75) is 44.2 Å². The molecule has 0 aromatic rings. The summed E-state index contributed by atoms with van der Waals surface area (Å²) in [6.45, 7) is 5.59. The predicted molar refractivity (Wildman–Crippen MR) is 77.6 cm³/mol. The lowest BCUT2D eigenvalue weighted by molar-refractivity contribution is -0.151. The van der Waals surface area contributed by atoms with E-state index >= 15 is 0 Å². The Hall–Kier alpha value is -0.650. The third kappa shape index (κ3) is 3.32. The second-order valence-electron chi connectivity index (χ2n) is 5.98. The van der Waals surface area contributed by atoms with Gasteiger partial charge in [0.25, 0.3) is 0 Å². The van der Waals surface area contributed by atoms with Crippen LogP contribution in [0.15, 0.2) is 0 Å². The smallest absolute Gasteiger partial charge is 0.327 e. The maximum absolute atomic E-state index is 12.4. The highest BCUT2D eigenvalue weighted by atomic mass is 16.5. The number of rotatable bonds is 7. The van der Waals surface area contributed by atoms with Gasteiger partial charge >= 0.3 is 5.97 Å². The lowest BCUT2D eigenvalue weighted by Crippen LogP contribution is -2.62. The molecule has 0 amide bonds. The van der Waals surface area contributed by atoms with Crippen molar-refractivity contribution in [1.82, 2.24) is 10.2 Å². The number of nitrogens with zero attached hydrogens (tertiary/aromatic N) is 1. The van der Waals surface area contributed by atoms with Gasteiger partial charge in [0, 0.05) is 26.7 Å². The maximum atomic E-state index is 12.4. The Balaban J connectivity index is 2.02. The monoisotopic (exact) mass is 284 g/mol. The highest BCUT2D eigenvalue weighted by Crippen LogP contribution is 2.41. The van der Waals surface area contributed by atoms with Crippen LogP contribution in [0.5, 0.6) is 0 Å². The summed E-state index contributed by atoms with van der Waals surface area (Å²) in [5.74, 6) is 0.325. The SMILES string of the molecule is CCNC(CN1CCC(OC)CC1)(C(=O)OC)C1CC1. The first-order chi connectivity index (χ1) is 9.66. The summed E-state index contributed by atoms with van der Waals surface area (Å²) in [5.41, 5.74) is -0.511. The zero-order valence-electron chi connectivity index (χ0n) is 13.0. The highest BCUT2D eigenvalue weighted by Gasteiger charge is 2.52. The first-order valence-corrected chi connectivity index (χ1v) is 7.75. The average Bonchev–Trinajstić information content (AvgIpc) is 3.31. The molecule has 0 radical (unpaired) electrons. The number of likely N-dealkylation sites (N-methyl/N-ethyl adjacent to an activating group) is 1. The number of hydrogen-bond donors (Lipinski definition) is 1. The molecule has 2 aliphatic rings. The molecular formula is C15H28N2O3. The van der Waals surface area contributed by atoms with E-state index in [1.165, 1.54) is 7.11 Å². The van der Waals surface area contributed by atoms with E-state index < -0.39 is 5.54 Å². The van der Waals surface area contributed by atoms with Crippen LogP contribution in [-0.2, 0) is 14.3 Å². The van der Waals surface area contributed by atoms with Gasteiger partial charge in [-0.05, 0) is 38.1 Å². The van der Waals surface area contributed by atoms with Crippen LogP contribution in [0.1, 0.15) is 32.6 Å². The number of piperidine rings is 1. The van der Waals surface area contributed by atoms with E-state index in [2.05, 4.69) is 17.1 Å². The van der Waals surface area contributed by atoms with Crippen molar-refractivity contribution in [1.29, 1.82) is 0 Å². The Morgan fingerprint density at radius 2 is 1.90 bits per heavy atom. The quantitative estimate of drug-likeness (QED) is 0.708. The van der Waals surface area contributed by atoms with Crippen LogP contribution >= 0.6 is 0 Å². The van der Waals surface area contributed by atoms with Crippen LogP contribution in [0, 0.1) is 5.92 Å². The van der Waals surface area contributed by atoms with Crippen LogP contribution < -0.4 is 5.32 Å². The van der Waals surface area contributed by atoms with E-state index in [1.807, 2.05) is 0 Å². The largest absolute Gasteiger partial charge is 0.468 e. The van der Waals surface area contributed by atoms with E-state index in [9.17, 15) is 4.79 Å². The molecule has 20 heavy (non-hydrogen) atoms. The predicted octanol–water partition coefficient (Wildman–Crippen LogP) is 1.03. The summed E-state index contributed by atoms with van der Waals surface area (Å²) in [7, 11) is 3.27. The lowest BCUT2D eigenvalue weighted by atomic mass is 9.91. The molecule has 1 saturated carbocycles. The molecule has 1 unspecified atom stereocenters. The minimum absolute atomic E-state index is 0.101. The molecule has 0 bridgehead atoms. The van der Waals surface area contributed by atoms with Crippen LogP contribution in [0.3, 0.4) is 0 Å². The van der Waals surface area contributed by atoms with E-state index in [1.54, 1.807) is 7.11 Å². The van der Waals surface area contributed by atoms with Gasteiger partial charge in [-0.25, -0.2) is 4.79 Å². The van der Waals surface area contributed by atoms with Crippen molar-refractivity contribution >= 4 is 5.97 Å². The van der Waals surface area contributed by atoms with E-state index in [-0.39, 0.29) is 5.97 Å². The number of carbonyl (C=O) groups excluding carboxylic acids is 1. The number of esters is 1. The fourth-order valence-electron chi connectivity index (χ4n) is 3.36. The topological polar surface area (TPSA) is 50.8 Å². The van der Waals surface area contributed by atoms with Crippen LogP contribution in [-0.4, -0.2) is 62.9 Å². The van der Waals surface area contributed by atoms with Crippen molar-refractivity contribution < 1.29 is 14.3 Å². The zero-order valence-corrected chi connectivity index (χ0v) is 13.0. The number of ether oxygens (including phenoxy) is 2. The first-order valence-electron chi connectivity index (χ1n) is 7.75. The molecule has 1 saturated heterocycles. The molecule has 1 aliphatic heterocycles. The van der Waals surface area contributed by atoms with E-state index in [0.29, 0.717) is 12.0 Å². The van der Waals surface area contributed by atoms with Crippen molar-refractivity contribution in [3.05, 3.63) is 0 Å². The summed E-state index contributed by atoms with van der Waals surface area (Å²) < 4.78 is 10.5. The van der Waals surface area contributed by atoms with Crippen LogP contribution in [0.25, 0.3) is 0 Å². The molecule has 1 aliphatic carbocycles. The number of likely N-dealkylation sites (tertiary alicyclic amines) is 1. The molecular weight excluding hydrogens is 256 g/mol. The molecule has 1 N–H and O–H groups in total. The number of carbonyl (C=O) groups is 1. The highest BCUT2D eigenvalue weighted by molar-refractivity contribution is 5.82. The van der Waals surface area contributed by atoms with Gasteiger partial charge in [-0.15, -0.1) is 0 Å². The zero-order chi connectivity index (χ0) is 14.6. The van der Waals surface area contributed by atoms with Gasteiger partial charge in [-0.2, -0.15) is 0 Å². The van der Waals surface area contributed by atoms with Gasteiger partial charge in [0.2, 0.25) is 0 Å². The normalized spacial score (nSPS) is 24.4. The average molecular weight is 284 g/mol.